The second kappa shape index (κ2) is 6.78. The van der Waals surface area contributed by atoms with E-state index in [9.17, 15) is 0 Å². The second-order valence-corrected chi connectivity index (χ2v) is 7.48. The molecular weight excluding hydrogens is 252 g/mol. The first-order valence-corrected chi connectivity index (χ1v) is 8.39. The molecule has 1 aliphatic heterocycles. The Kier molecular flexibility index (Phi) is 5.31. The van der Waals surface area contributed by atoms with E-state index in [1.807, 2.05) is 11.8 Å². The van der Waals surface area contributed by atoms with Crippen LogP contribution in [0.1, 0.15) is 31.9 Å². The molecule has 1 fully saturated rings. The first-order chi connectivity index (χ1) is 9.11. The van der Waals surface area contributed by atoms with Gasteiger partial charge in [-0.15, -0.1) is 0 Å². The molecule has 0 spiro atoms. The zero-order valence-corrected chi connectivity index (χ0v) is 13.2. The van der Waals surface area contributed by atoms with Gasteiger partial charge in [0.05, 0.1) is 0 Å². The van der Waals surface area contributed by atoms with Crippen molar-refractivity contribution in [1.82, 2.24) is 10.2 Å². The standard InChI is InChI=1S/C16H26N2S/c1-16(2,19-3)13-18-11-7-10-17-15(12-18)14-8-5-4-6-9-14/h4-6,8-9,15,17H,7,10-13H2,1-3H3. The zero-order valence-electron chi connectivity index (χ0n) is 12.4. The van der Waals surface area contributed by atoms with Gasteiger partial charge in [0, 0.05) is 23.9 Å². The van der Waals surface area contributed by atoms with Gasteiger partial charge in [0.25, 0.3) is 0 Å². The lowest BCUT2D eigenvalue weighted by Gasteiger charge is -2.32. The smallest absolute Gasteiger partial charge is 0.0449 e. The van der Waals surface area contributed by atoms with Crippen molar-refractivity contribution in [2.45, 2.75) is 31.1 Å². The molecule has 1 N–H and O–H groups in total. The summed E-state index contributed by atoms with van der Waals surface area (Å²) in [6, 6.07) is 11.3. The fourth-order valence-electron chi connectivity index (χ4n) is 2.65. The van der Waals surface area contributed by atoms with Crippen LogP contribution in [0.2, 0.25) is 0 Å². The molecule has 2 rings (SSSR count). The quantitative estimate of drug-likeness (QED) is 0.911. The Labute approximate surface area is 122 Å². The van der Waals surface area contributed by atoms with Gasteiger partial charge < -0.3 is 10.2 Å². The van der Waals surface area contributed by atoms with E-state index in [0.717, 1.165) is 13.1 Å². The summed E-state index contributed by atoms with van der Waals surface area (Å²) in [7, 11) is 0. The predicted octanol–water partition coefficient (Wildman–Crippen LogP) is 3.16. The molecule has 1 heterocycles. The molecule has 0 bridgehead atoms. The average molecular weight is 278 g/mol. The Morgan fingerprint density at radius 1 is 1.32 bits per heavy atom. The topological polar surface area (TPSA) is 15.3 Å². The Morgan fingerprint density at radius 2 is 2.05 bits per heavy atom. The third-order valence-corrected chi connectivity index (χ3v) is 5.08. The predicted molar refractivity (Wildman–Crippen MR) is 85.8 cm³/mol. The maximum atomic E-state index is 3.68. The van der Waals surface area contributed by atoms with Gasteiger partial charge in [0.1, 0.15) is 0 Å². The van der Waals surface area contributed by atoms with E-state index < -0.39 is 0 Å². The summed E-state index contributed by atoms with van der Waals surface area (Å²) in [4.78, 5) is 2.62. The fourth-order valence-corrected chi connectivity index (χ4v) is 2.96. The van der Waals surface area contributed by atoms with Crippen LogP contribution in [0.15, 0.2) is 30.3 Å². The minimum atomic E-state index is 0.339. The molecule has 2 nitrogen and oxygen atoms in total. The Bertz CT molecular complexity index is 378. The van der Waals surface area contributed by atoms with E-state index in [-0.39, 0.29) is 0 Å². The molecule has 1 atom stereocenters. The molecule has 1 aromatic carbocycles. The largest absolute Gasteiger partial charge is 0.309 e. The van der Waals surface area contributed by atoms with Crippen molar-refractivity contribution >= 4 is 11.8 Å². The third-order valence-electron chi connectivity index (χ3n) is 3.84. The monoisotopic (exact) mass is 278 g/mol. The summed E-state index contributed by atoms with van der Waals surface area (Å²) in [5.41, 5.74) is 1.41. The van der Waals surface area contributed by atoms with E-state index in [4.69, 9.17) is 0 Å². The average Bonchev–Trinajstić information content (AvgIpc) is 2.65. The molecule has 19 heavy (non-hydrogen) atoms. The molecule has 0 radical (unpaired) electrons. The van der Waals surface area contributed by atoms with Crippen LogP contribution in [0.5, 0.6) is 0 Å². The highest BCUT2D eigenvalue weighted by Crippen LogP contribution is 2.25. The highest BCUT2D eigenvalue weighted by Gasteiger charge is 2.24. The van der Waals surface area contributed by atoms with Crippen LogP contribution in [0.25, 0.3) is 0 Å². The highest BCUT2D eigenvalue weighted by atomic mass is 32.2. The summed E-state index contributed by atoms with van der Waals surface area (Å²) < 4.78 is 0.339. The number of benzene rings is 1. The number of hydrogen-bond donors (Lipinski definition) is 1. The third kappa shape index (κ3) is 4.51. The van der Waals surface area contributed by atoms with E-state index >= 15 is 0 Å². The van der Waals surface area contributed by atoms with Crippen molar-refractivity contribution in [3.05, 3.63) is 35.9 Å². The number of rotatable bonds is 4. The van der Waals surface area contributed by atoms with E-state index in [1.165, 1.54) is 25.1 Å². The Morgan fingerprint density at radius 3 is 2.74 bits per heavy atom. The first-order valence-electron chi connectivity index (χ1n) is 7.16. The zero-order chi connectivity index (χ0) is 13.7. The van der Waals surface area contributed by atoms with Crippen LogP contribution in [0.3, 0.4) is 0 Å². The number of hydrogen-bond acceptors (Lipinski definition) is 3. The van der Waals surface area contributed by atoms with Gasteiger partial charge in [-0.1, -0.05) is 30.3 Å². The lowest BCUT2D eigenvalue weighted by atomic mass is 10.1. The normalized spacial score (nSPS) is 22.2. The van der Waals surface area contributed by atoms with Gasteiger partial charge in [0.15, 0.2) is 0 Å². The van der Waals surface area contributed by atoms with Gasteiger partial charge in [-0.2, -0.15) is 11.8 Å². The lowest BCUT2D eigenvalue weighted by molar-refractivity contribution is 0.251. The molecule has 1 unspecified atom stereocenters. The lowest BCUT2D eigenvalue weighted by Crippen LogP contribution is -2.39. The van der Waals surface area contributed by atoms with Crippen molar-refractivity contribution in [1.29, 1.82) is 0 Å². The maximum absolute atomic E-state index is 3.68. The molecule has 1 saturated heterocycles. The molecular formula is C16H26N2S. The van der Waals surface area contributed by atoms with Crippen LogP contribution in [0.4, 0.5) is 0 Å². The van der Waals surface area contributed by atoms with Gasteiger partial charge in [-0.25, -0.2) is 0 Å². The van der Waals surface area contributed by atoms with Crippen LogP contribution >= 0.6 is 11.8 Å². The van der Waals surface area contributed by atoms with Crippen molar-refractivity contribution < 1.29 is 0 Å². The summed E-state index contributed by atoms with van der Waals surface area (Å²) in [5, 5.41) is 3.68. The van der Waals surface area contributed by atoms with Crippen molar-refractivity contribution in [2.24, 2.45) is 0 Å². The van der Waals surface area contributed by atoms with Gasteiger partial charge in [0.2, 0.25) is 0 Å². The molecule has 1 aliphatic rings. The molecule has 3 heteroatoms. The van der Waals surface area contributed by atoms with Crippen LogP contribution in [0, 0.1) is 0 Å². The molecule has 0 amide bonds. The molecule has 106 valence electrons. The fraction of sp³-hybridized carbons (Fsp3) is 0.625. The molecule has 0 aromatic heterocycles. The summed E-state index contributed by atoms with van der Waals surface area (Å²) in [5.74, 6) is 0. The second-order valence-electron chi connectivity index (χ2n) is 5.97. The van der Waals surface area contributed by atoms with Crippen LogP contribution in [-0.2, 0) is 0 Å². The highest BCUT2D eigenvalue weighted by molar-refractivity contribution is 7.99. The summed E-state index contributed by atoms with van der Waals surface area (Å²) in [6.45, 7) is 9.30. The van der Waals surface area contributed by atoms with Crippen LogP contribution < -0.4 is 5.32 Å². The Hall–Kier alpha value is -0.510. The molecule has 0 saturated carbocycles. The van der Waals surface area contributed by atoms with Crippen molar-refractivity contribution in [3.8, 4) is 0 Å². The van der Waals surface area contributed by atoms with Gasteiger partial charge in [-0.05, 0) is 45.2 Å². The van der Waals surface area contributed by atoms with Gasteiger partial charge >= 0.3 is 0 Å². The summed E-state index contributed by atoms with van der Waals surface area (Å²) >= 11 is 1.96. The van der Waals surface area contributed by atoms with Crippen molar-refractivity contribution in [3.63, 3.8) is 0 Å². The minimum absolute atomic E-state index is 0.339. The number of nitrogens with zero attached hydrogens (tertiary/aromatic N) is 1. The SMILES string of the molecule is CSC(C)(C)CN1CCCNC(c2ccccc2)C1. The summed E-state index contributed by atoms with van der Waals surface area (Å²) in [6.07, 6.45) is 3.46. The first kappa shape index (κ1) is 14.9. The van der Waals surface area contributed by atoms with Crippen LogP contribution in [-0.4, -0.2) is 42.1 Å². The van der Waals surface area contributed by atoms with E-state index in [1.54, 1.807) is 0 Å². The minimum Gasteiger partial charge on any atom is -0.309 e. The Balaban J connectivity index is 2.03. The van der Waals surface area contributed by atoms with Gasteiger partial charge in [-0.3, -0.25) is 0 Å². The molecule has 1 aromatic rings. The molecule has 0 aliphatic carbocycles. The van der Waals surface area contributed by atoms with E-state index in [2.05, 4.69) is 60.7 Å². The number of thioether (sulfide) groups is 1. The van der Waals surface area contributed by atoms with E-state index in [0.29, 0.717) is 10.8 Å². The van der Waals surface area contributed by atoms with Crippen molar-refractivity contribution in [2.75, 3.05) is 32.4 Å². The number of nitrogens with one attached hydrogen (secondary N) is 1. The maximum Gasteiger partial charge on any atom is 0.0449 e.